The third-order valence-corrected chi connectivity index (χ3v) is 3.47. The second-order valence-electron chi connectivity index (χ2n) is 5.40. The molecule has 0 N–H and O–H groups in total. The first-order chi connectivity index (χ1) is 11.5. The molecule has 0 aliphatic carbocycles. The molecule has 128 valence electrons. The molecule has 0 amide bonds. The largest absolute Gasteiger partial charge is 0.489 e. The Labute approximate surface area is 141 Å². The highest BCUT2D eigenvalue weighted by Gasteiger charge is 2.23. The van der Waals surface area contributed by atoms with Crippen LogP contribution in [0.2, 0.25) is 0 Å². The Bertz CT molecular complexity index is 764. The van der Waals surface area contributed by atoms with Crippen molar-refractivity contribution in [3.8, 4) is 17.2 Å². The molecule has 2 aromatic carbocycles. The van der Waals surface area contributed by atoms with Gasteiger partial charge in [0, 0.05) is 30.2 Å². The number of hydrogen-bond acceptors (Lipinski definition) is 5. The van der Waals surface area contributed by atoms with Gasteiger partial charge in [-0.2, -0.15) is 0 Å². The van der Waals surface area contributed by atoms with E-state index in [2.05, 4.69) is 0 Å². The normalized spacial score (nSPS) is 10.5. The first-order valence-electron chi connectivity index (χ1n) is 8.06. The maximum atomic E-state index is 11.6. The maximum absolute atomic E-state index is 11.6. The maximum Gasteiger partial charge on any atom is 0.308 e. The van der Waals surface area contributed by atoms with E-state index < -0.39 is 11.9 Å². The summed E-state index contributed by atoms with van der Waals surface area (Å²) in [6.45, 7) is 7.11. The lowest BCUT2D eigenvalue weighted by atomic mass is 10.0. The second kappa shape index (κ2) is 7.81. The Kier molecular flexibility index (Phi) is 5.79. The van der Waals surface area contributed by atoms with Crippen LogP contribution in [0.3, 0.4) is 0 Å². The Balaban J connectivity index is 2.83. The zero-order valence-corrected chi connectivity index (χ0v) is 14.5. The molecular weight excluding hydrogens is 308 g/mol. The Morgan fingerprint density at radius 1 is 0.875 bits per heavy atom. The number of carbonyl (C=O) groups is 2. The molecule has 0 saturated carbocycles. The molecule has 0 unspecified atom stereocenters. The quantitative estimate of drug-likeness (QED) is 0.591. The minimum atomic E-state index is -0.427. The number of benzene rings is 2. The highest BCUT2D eigenvalue weighted by molar-refractivity contribution is 5.99. The monoisotopic (exact) mass is 330 g/mol. The van der Waals surface area contributed by atoms with Gasteiger partial charge in [0.05, 0.1) is 6.61 Å². The van der Waals surface area contributed by atoms with Gasteiger partial charge in [-0.05, 0) is 12.8 Å². The average molecular weight is 330 g/mol. The summed E-state index contributed by atoms with van der Waals surface area (Å²) < 4.78 is 16.8. The molecule has 0 heterocycles. The van der Waals surface area contributed by atoms with Gasteiger partial charge in [-0.25, -0.2) is 0 Å². The number of fused-ring (bicyclic) bond motifs is 1. The van der Waals surface area contributed by atoms with Crippen LogP contribution in [0.5, 0.6) is 17.2 Å². The highest BCUT2D eigenvalue weighted by atomic mass is 16.6. The Morgan fingerprint density at radius 3 is 1.92 bits per heavy atom. The van der Waals surface area contributed by atoms with Crippen LogP contribution in [0.1, 0.15) is 39.7 Å². The third-order valence-electron chi connectivity index (χ3n) is 3.47. The summed E-state index contributed by atoms with van der Waals surface area (Å²) in [4.78, 5) is 23.1. The van der Waals surface area contributed by atoms with Crippen molar-refractivity contribution in [3.63, 3.8) is 0 Å². The van der Waals surface area contributed by atoms with E-state index in [0.29, 0.717) is 46.6 Å². The molecular formula is C19H22O5. The van der Waals surface area contributed by atoms with Gasteiger partial charge in [0.1, 0.15) is 5.75 Å². The number of esters is 2. The van der Waals surface area contributed by atoms with Gasteiger partial charge in [-0.15, -0.1) is 0 Å². The van der Waals surface area contributed by atoms with E-state index in [-0.39, 0.29) is 0 Å². The first kappa shape index (κ1) is 17.8. The van der Waals surface area contributed by atoms with Gasteiger partial charge < -0.3 is 14.2 Å². The van der Waals surface area contributed by atoms with E-state index in [1.54, 1.807) is 0 Å². The summed E-state index contributed by atoms with van der Waals surface area (Å²) in [5.74, 6) is 0.465. The van der Waals surface area contributed by atoms with Crippen LogP contribution in [0.15, 0.2) is 24.3 Å². The van der Waals surface area contributed by atoms with Crippen LogP contribution in [0.4, 0.5) is 0 Å². The molecule has 2 aromatic rings. The van der Waals surface area contributed by atoms with E-state index in [4.69, 9.17) is 14.2 Å². The second-order valence-corrected chi connectivity index (χ2v) is 5.40. The number of carbonyl (C=O) groups excluding carboxylic acids is 2. The van der Waals surface area contributed by atoms with Crippen molar-refractivity contribution in [2.24, 2.45) is 0 Å². The van der Waals surface area contributed by atoms with E-state index >= 15 is 0 Å². The molecule has 0 fully saturated rings. The minimum Gasteiger partial charge on any atom is -0.489 e. The minimum absolute atomic E-state index is 0.374. The SMILES string of the molecule is CCCOc1c(CC)c(OC(C)=O)c2ccccc2c1OC(C)=O. The number of hydrogen-bond donors (Lipinski definition) is 0. The average Bonchev–Trinajstić information content (AvgIpc) is 2.54. The van der Waals surface area contributed by atoms with Crippen LogP contribution < -0.4 is 14.2 Å². The lowest BCUT2D eigenvalue weighted by Gasteiger charge is -2.20. The van der Waals surface area contributed by atoms with Crippen LogP contribution in [0, 0.1) is 0 Å². The van der Waals surface area contributed by atoms with Gasteiger partial charge in [0.15, 0.2) is 11.5 Å². The van der Waals surface area contributed by atoms with E-state index in [9.17, 15) is 9.59 Å². The molecule has 2 rings (SSSR count). The molecule has 0 aromatic heterocycles. The molecule has 0 bridgehead atoms. The summed E-state index contributed by atoms with van der Waals surface area (Å²) in [5, 5.41) is 1.39. The third kappa shape index (κ3) is 3.67. The van der Waals surface area contributed by atoms with Crippen molar-refractivity contribution < 1.29 is 23.8 Å². The predicted octanol–water partition coefficient (Wildman–Crippen LogP) is 4.04. The van der Waals surface area contributed by atoms with Gasteiger partial charge >= 0.3 is 11.9 Å². The molecule has 0 radical (unpaired) electrons. The summed E-state index contributed by atoms with van der Waals surface area (Å²) >= 11 is 0. The summed E-state index contributed by atoms with van der Waals surface area (Å²) in [6, 6.07) is 7.34. The van der Waals surface area contributed by atoms with Crippen molar-refractivity contribution in [3.05, 3.63) is 29.8 Å². The summed E-state index contributed by atoms with van der Waals surface area (Å²) in [6.07, 6.45) is 1.37. The molecule has 0 aliphatic heterocycles. The van der Waals surface area contributed by atoms with Gasteiger partial charge in [-0.3, -0.25) is 9.59 Å². The summed E-state index contributed by atoms with van der Waals surface area (Å²) in [5.41, 5.74) is 0.716. The van der Waals surface area contributed by atoms with Crippen LogP contribution in [-0.4, -0.2) is 18.5 Å². The lowest BCUT2D eigenvalue weighted by molar-refractivity contribution is -0.133. The molecule has 5 nitrogen and oxygen atoms in total. The Morgan fingerprint density at radius 2 is 1.42 bits per heavy atom. The first-order valence-corrected chi connectivity index (χ1v) is 8.06. The molecule has 0 saturated heterocycles. The van der Waals surface area contributed by atoms with Crippen molar-refractivity contribution in [2.75, 3.05) is 6.61 Å². The number of rotatable bonds is 6. The van der Waals surface area contributed by atoms with Gasteiger partial charge in [0.2, 0.25) is 0 Å². The topological polar surface area (TPSA) is 61.8 Å². The highest BCUT2D eigenvalue weighted by Crippen LogP contribution is 2.46. The van der Waals surface area contributed by atoms with Gasteiger partial charge in [-0.1, -0.05) is 38.1 Å². The fraction of sp³-hybridized carbons (Fsp3) is 0.368. The molecule has 0 spiro atoms. The zero-order valence-electron chi connectivity index (χ0n) is 14.5. The molecule has 24 heavy (non-hydrogen) atoms. The van der Waals surface area contributed by atoms with Crippen molar-refractivity contribution >= 4 is 22.7 Å². The summed E-state index contributed by atoms with van der Waals surface area (Å²) in [7, 11) is 0. The molecule has 0 atom stereocenters. The van der Waals surface area contributed by atoms with E-state index in [1.807, 2.05) is 38.1 Å². The van der Waals surface area contributed by atoms with Crippen molar-refractivity contribution in [1.29, 1.82) is 0 Å². The van der Waals surface area contributed by atoms with Crippen LogP contribution in [0.25, 0.3) is 10.8 Å². The fourth-order valence-electron chi connectivity index (χ4n) is 2.59. The fourth-order valence-corrected chi connectivity index (χ4v) is 2.59. The van der Waals surface area contributed by atoms with E-state index in [0.717, 1.165) is 6.42 Å². The van der Waals surface area contributed by atoms with Crippen LogP contribution in [-0.2, 0) is 16.0 Å². The molecule has 5 heteroatoms. The van der Waals surface area contributed by atoms with Crippen LogP contribution >= 0.6 is 0 Å². The molecule has 0 aliphatic rings. The van der Waals surface area contributed by atoms with Crippen molar-refractivity contribution in [2.45, 2.75) is 40.5 Å². The Hall–Kier alpha value is -2.56. The number of ether oxygens (including phenoxy) is 3. The standard InChI is InChI=1S/C19H22O5/c1-5-11-22-18-14(6-2)17(23-12(3)20)15-9-7-8-10-16(15)19(18)24-13(4)21/h7-10H,5-6,11H2,1-4H3. The lowest BCUT2D eigenvalue weighted by Crippen LogP contribution is -2.10. The zero-order chi connectivity index (χ0) is 17.7. The van der Waals surface area contributed by atoms with Gasteiger partial charge in [0.25, 0.3) is 0 Å². The smallest absolute Gasteiger partial charge is 0.308 e. The predicted molar refractivity (Wildman–Crippen MR) is 91.7 cm³/mol. The van der Waals surface area contributed by atoms with E-state index in [1.165, 1.54) is 13.8 Å². The van der Waals surface area contributed by atoms with Crippen molar-refractivity contribution in [1.82, 2.24) is 0 Å².